The van der Waals surface area contributed by atoms with Gasteiger partial charge in [0.25, 0.3) is 5.91 Å². The first-order valence-electron chi connectivity index (χ1n) is 10.6. The molecule has 31 heavy (non-hydrogen) atoms. The van der Waals surface area contributed by atoms with Gasteiger partial charge in [0, 0.05) is 26.2 Å². The van der Waals surface area contributed by atoms with Gasteiger partial charge in [0.2, 0.25) is 15.9 Å². The fourth-order valence-corrected chi connectivity index (χ4v) is 5.37. The van der Waals surface area contributed by atoms with Crippen LogP contribution >= 0.6 is 0 Å². The first kappa shape index (κ1) is 23.0. The molecule has 1 aliphatic rings. The molecule has 0 bridgehead atoms. The van der Waals surface area contributed by atoms with E-state index < -0.39 is 15.9 Å². The van der Waals surface area contributed by atoms with Crippen LogP contribution in [0.5, 0.6) is 0 Å². The summed E-state index contributed by atoms with van der Waals surface area (Å²) in [7, 11) is -3.76. The number of rotatable bonds is 8. The molecule has 1 aliphatic heterocycles. The van der Waals surface area contributed by atoms with Gasteiger partial charge in [-0.3, -0.25) is 9.59 Å². The third-order valence-electron chi connectivity index (χ3n) is 5.42. The standard InChI is InChI=1S/C23H29N3O4S/c1-2-25(18-19-11-5-3-6-12-19)22(27)17-24-23(28)20-13-7-8-14-21(20)31(29,30)26-15-9-4-10-16-26/h3,5-8,11-14H,2,4,9-10,15-18H2,1H3,(H,24,28). The second-order valence-electron chi connectivity index (χ2n) is 7.54. The Hall–Kier alpha value is -2.71. The topological polar surface area (TPSA) is 86.8 Å². The number of sulfonamides is 1. The lowest BCUT2D eigenvalue weighted by atomic mass is 10.2. The molecule has 0 atom stereocenters. The van der Waals surface area contributed by atoms with Gasteiger partial charge in [-0.2, -0.15) is 4.31 Å². The third-order valence-corrected chi connectivity index (χ3v) is 7.37. The summed E-state index contributed by atoms with van der Waals surface area (Å²) in [6.07, 6.45) is 2.64. The molecular weight excluding hydrogens is 414 g/mol. The Bertz CT molecular complexity index is 1000. The lowest BCUT2D eigenvalue weighted by Crippen LogP contribution is -2.40. The van der Waals surface area contributed by atoms with Crippen molar-refractivity contribution in [2.24, 2.45) is 0 Å². The fourth-order valence-electron chi connectivity index (χ4n) is 3.67. The van der Waals surface area contributed by atoms with Gasteiger partial charge >= 0.3 is 0 Å². The number of likely N-dealkylation sites (N-methyl/N-ethyl adjacent to an activating group) is 1. The molecular formula is C23H29N3O4S. The van der Waals surface area contributed by atoms with E-state index in [1.807, 2.05) is 37.3 Å². The summed E-state index contributed by atoms with van der Waals surface area (Å²) in [6.45, 7) is 3.56. The molecule has 1 heterocycles. The van der Waals surface area contributed by atoms with E-state index in [0.717, 1.165) is 24.8 Å². The van der Waals surface area contributed by atoms with E-state index in [2.05, 4.69) is 5.32 Å². The van der Waals surface area contributed by atoms with Gasteiger partial charge in [-0.25, -0.2) is 8.42 Å². The van der Waals surface area contributed by atoms with Crippen molar-refractivity contribution in [1.29, 1.82) is 0 Å². The van der Waals surface area contributed by atoms with Crippen LogP contribution in [0.2, 0.25) is 0 Å². The van der Waals surface area contributed by atoms with Crippen molar-refractivity contribution >= 4 is 21.8 Å². The Morgan fingerprint density at radius 2 is 1.61 bits per heavy atom. The molecule has 8 heteroatoms. The summed E-state index contributed by atoms with van der Waals surface area (Å²) in [4.78, 5) is 27.1. The minimum absolute atomic E-state index is 0.0153. The second-order valence-corrected chi connectivity index (χ2v) is 9.44. The summed E-state index contributed by atoms with van der Waals surface area (Å²) >= 11 is 0. The van der Waals surface area contributed by atoms with Crippen LogP contribution in [0.3, 0.4) is 0 Å². The number of piperidine rings is 1. The van der Waals surface area contributed by atoms with E-state index in [-0.39, 0.29) is 22.9 Å². The zero-order chi connectivity index (χ0) is 22.3. The minimum atomic E-state index is -3.76. The minimum Gasteiger partial charge on any atom is -0.343 e. The zero-order valence-corrected chi connectivity index (χ0v) is 18.6. The maximum atomic E-state index is 13.1. The molecule has 1 fully saturated rings. The van der Waals surface area contributed by atoms with Crippen LogP contribution in [0.1, 0.15) is 42.1 Å². The van der Waals surface area contributed by atoms with Crippen LogP contribution < -0.4 is 5.32 Å². The predicted octanol–water partition coefficient (Wildman–Crippen LogP) is 2.64. The van der Waals surface area contributed by atoms with E-state index in [4.69, 9.17) is 0 Å². The summed E-state index contributed by atoms with van der Waals surface area (Å²) < 4.78 is 27.6. The number of nitrogens with one attached hydrogen (secondary N) is 1. The van der Waals surface area contributed by atoms with E-state index in [1.54, 1.807) is 17.0 Å². The molecule has 0 saturated carbocycles. The highest BCUT2D eigenvalue weighted by Gasteiger charge is 2.29. The summed E-state index contributed by atoms with van der Waals surface area (Å²) in [6, 6.07) is 15.8. The third kappa shape index (κ3) is 5.71. The van der Waals surface area contributed by atoms with Gasteiger partial charge in [0.05, 0.1) is 17.0 Å². The SMILES string of the molecule is CCN(Cc1ccccc1)C(=O)CNC(=O)c1ccccc1S(=O)(=O)N1CCCCC1. The predicted molar refractivity (Wildman–Crippen MR) is 119 cm³/mol. The highest BCUT2D eigenvalue weighted by molar-refractivity contribution is 7.89. The summed E-state index contributed by atoms with van der Waals surface area (Å²) in [5, 5.41) is 2.60. The molecule has 0 unspecified atom stereocenters. The fraction of sp³-hybridized carbons (Fsp3) is 0.391. The van der Waals surface area contributed by atoms with Gasteiger partial charge in [0.1, 0.15) is 0 Å². The normalized spacial score (nSPS) is 14.7. The smallest absolute Gasteiger partial charge is 0.253 e. The van der Waals surface area contributed by atoms with Crippen LogP contribution in [0.4, 0.5) is 0 Å². The number of amides is 2. The molecule has 1 N–H and O–H groups in total. The van der Waals surface area contributed by atoms with Crippen molar-refractivity contribution in [2.45, 2.75) is 37.6 Å². The molecule has 0 spiro atoms. The molecule has 2 amide bonds. The van der Waals surface area contributed by atoms with Crippen LogP contribution in [0.15, 0.2) is 59.5 Å². The number of carbonyl (C=O) groups excluding carboxylic acids is 2. The number of nitrogens with zero attached hydrogens (tertiary/aromatic N) is 2. The van der Waals surface area contributed by atoms with Crippen molar-refractivity contribution in [1.82, 2.24) is 14.5 Å². The molecule has 2 aromatic rings. The van der Waals surface area contributed by atoms with Gasteiger partial charge < -0.3 is 10.2 Å². The zero-order valence-electron chi connectivity index (χ0n) is 17.8. The first-order valence-corrected chi connectivity index (χ1v) is 12.1. The van der Waals surface area contributed by atoms with Crippen LogP contribution in [-0.2, 0) is 21.4 Å². The largest absolute Gasteiger partial charge is 0.343 e. The molecule has 7 nitrogen and oxygen atoms in total. The Kier molecular flexibility index (Phi) is 7.81. The highest BCUT2D eigenvalue weighted by Crippen LogP contribution is 2.23. The molecule has 3 rings (SSSR count). The summed E-state index contributed by atoms with van der Waals surface area (Å²) in [5.41, 5.74) is 1.06. The molecule has 166 valence electrons. The van der Waals surface area contributed by atoms with Crippen LogP contribution in [0.25, 0.3) is 0 Å². The Balaban J connectivity index is 1.69. The number of hydrogen-bond acceptors (Lipinski definition) is 4. The first-order chi connectivity index (χ1) is 14.9. The van der Waals surface area contributed by atoms with Crippen LogP contribution in [-0.4, -0.2) is 55.6 Å². The average molecular weight is 444 g/mol. The Morgan fingerprint density at radius 1 is 0.968 bits per heavy atom. The Labute approximate surface area is 184 Å². The summed E-state index contributed by atoms with van der Waals surface area (Å²) in [5.74, 6) is -0.795. The van der Waals surface area contributed by atoms with Crippen molar-refractivity contribution in [3.63, 3.8) is 0 Å². The van der Waals surface area contributed by atoms with E-state index in [0.29, 0.717) is 26.2 Å². The molecule has 2 aromatic carbocycles. The average Bonchev–Trinajstić information content (AvgIpc) is 2.82. The van der Waals surface area contributed by atoms with Gasteiger partial charge in [-0.15, -0.1) is 0 Å². The van der Waals surface area contributed by atoms with Crippen LogP contribution in [0, 0.1) is 0 Å². The highest BCUT2D eigenvalue weighted by atomic mass is 32.2. The Morgan fingerprint density at radius 3 is 2.29 bits per heavy atom. The van der Waals surface area contributed by atoms with E-state index >= 15 is 0 Å². The van der Waals surface area contributed by atoms with Gasteiger partial charge in [0.15, 0.2) is 0 Å². The number of benzene rings is 2. The number of hydrogen-bond donors (Lipinski definition) is 1. The maximum Gasteiger partial charge on any atom is 0.253 e. The molecule has 0 aromatic heterocycles. The second kappa shape index (κ2) is 10.5. The molecule has 1 saturated heterocycles. The monoisotopic (exact) mass is 443 g/mol. The van der Waals surface area contributed by atoms with E-state index in [9.17, 15) is 18.0 Å². The maximum absolute atomic E-state index is 13.1. The van der Waals surface area contributed by atoms with E-state index in [1.165, 1.54) is 16.4 Å². The van der Waals surface area contributed by atoms with Gasteiger partial charge in [-0.1, -0.05) is 48.9 Å². The van der Waals surface area contributed by atoms with Gasteiger partial charge in [-0.05, 0) is 37.5 Å². The van der Waals surface area contributed by atoms with Crippen molar-refractivity contribution in [2.75, 3.05) is 26.2 Å². The lowest BCUT2D eigenvalue weighted by molar-refractivity contribution is -0.130. The van der Waals surface area contributed by atoms with Crippen molar-refractivity contribution < 1.29 is 18.0 Å². The molecule has 0 aliphatic carbocycles. The quantitative estimate of drug-likeness (QED) is 0.680. The van der Waals surface area contributed by atoms with Crippen molar-refractivity contribution in [3.05, 3.63) is 65.7 Å². The lowest BCUT2D eigenvalue weighted by Gasteiger charge is -2.26. The van der Waals surface area contributed by atoms with Crippen molar-refractivity contribution in [3.8, 4) is 0 Å². The number of carbonyl (C=O) groups is 2. The molecule has 0 radical (unpaired) electrons.